The van der Waals surface area contributed by atoms with Crippen LogP contribution >= 0.6 is 0 Å². The van der Waals surface area contributed by atoms with E-state index in [9.17, 15) is 31.9 Å². The molecule has 1 saturated carbocycles. The maximum Gasteiger partial charge on any atom is 0.418 e. The van der Waals surface area contributed by atoms with Crippen molar-refractivity contribution in [3.05, 3.63) is 53.5 Å². The fourth-order valence-corrected chi connectivity index (χ4v) is 4.26. The first kappa shape index (κ1) is 23.1. The summed E-state index contributed by atoms with van der Waals surface area (Å²) in [5.41, 5.74) is -2.53. The van der Waals surface area contributed by atoms with Gasteiger partial charge in [-0.05, 0) is 55.9 Å². The third kappa shape index (κ3) is 4.68. The number of hydrogen-bond donors (Lipinski definition) is 2. The summed E-state index contributed by atoms with van der Waals surface area (Å²) in [6, 6.07) is 4.23. The second-order valence-electron chi connectivity index (χ2n) is 8.10. The van der Waals surface area contributed by atoms with Gasteiger partial charge < -0.3 is 10.4 Å². The molecule has 11 heteroatoms. The normalized spacial score (nSPS) is 19.2. The number of alkyl halides is 5. The predicted octanol–water partition coefficient (Wildman–Crippen LogP) is 5.36. The molecule has 0 saturated heterocycles. The van der Waals surface area contributed by atoms with Crippen molar-refractivity contribution in [2.75, 3.05) is 11.9 Å². The van der Waals surface area contributed by atoms with Gasteiger partial charge >= 0.3 is 6.18 Å². The quantitative estimate of drug-likeness (QED) is 0.494. The van der Waals surface area contributed by atoms with Crippen molar-refractivity contribution in [2.45, 2.75) is 44.3 Å². The highest BCUT2D eigenvalue weighted by Crippen LogP contribution is 2.37. The number of halogens is 5. The number of fused-ring (bicyclic) bond motifs is 1. The van der Waals surface area contributed by atoms with Gasteiger partial charge in [0.1, 0.15) is 5.69 Å². The maximum atomic E-state index is 13.8. The molecule has 0 unspecified atom stereocenters. The minimum atomic E-state index is -4.83. The van der Waals surface area contributed by atoms with Gasteiger partial charge in [-0.15, -0.1) is 0 Å². The summed E-state index contributed by atoms with van der Waals surface area (Å²) < 4.78 is 69.0. The molecule has 0 aliphatic heterocycles. The third-order valence-electron chi connectivity index (χ3n) is 6.00. The van der Waals surface area contributed by atoms with E-state index in [1.807, 2.05) is 0 Å². The summed E-state index contributed by atoms with van der Waals surface area (Å²) >= 11 is 0. The summed E-state index contributed by atoms with van der Waals surface area (Å²) in [5.74, 6) is -1.02. The largest absolute Gasteiger partial charge is 0.418 e. The number of anilines is 1. The van der Waals surface area contributed by atoms with E-state index in [-0.39, 0.29) is 24.3 Å². The Kier molecular flexibility index (Phi) is 6.33. The number of carbonyl (C=O) groups excluding carboxylic acids is 1. The summed E-state index contributed by atoms with van der Waals surface area (Å²) in [7, 11) is 0. The van der Waals surface area contributed by atoms with Crippen molar-refractivity contribution in [1.82, 2.24) is 14.8 Å². The van der Waals surface area contributed by atoms with Crippen LogP contribution in [0.1, 0.15) is 59.8 Å². The zero-order valence-corrected chi connectivity index (χ0v) is 17.3. The average Bonchev–Trinajstić information content (AvgIpc) is 3.20. The Hall–Kier alpha value is -3.08. The zero-order chi connectivity index (χ0) is 23.8. The van der Waals surface area contributed by atoms with E-state index in [1.54, 1.807) is 4.68 Å². The highest BCUT2D eigenvalue weighted by atomic mass is 19.4. The number of rotatable bonds is 5. The van der Waals surface area contributed by atoms with E-state index in [0.717, 1.165) is 37.9 Å². The van der Waals surface area contributed by atoms with Crippen molar-refractivity contribution in [3.63, 3.8) is 0 Å². The van der Waals surface area contributed by atoms with Crippen LogP contribution < -0.4 is 5.32 Å². The number of nitrogens with one attached hydrogen (secondary N) is 1. The third-order valence-corrected chi connectivity index (χ3v) is 6.00. The van der Waals surface area contributed by atoms with Gasteiger partial charge in [0.25, 0.3) is 12.3 Å². The van der Waals surface area contributed by atoms with Crippen LogP contribution in [0.2, 0.25) is 0 Å². The Morgan fingerprint density at radius 2 is 1.94 bits per heavy atom. The number of aliphatic hydroxyl groups excluding tert-OH is 1. The molecule has 3 aromatic rings. The molecule has 1 aliphatic rings. The molecule has 1 amide bonds. The molecular formula is C22H21F5N4O2. The van der Waals surface area contributed by atoms with E-state index in [1.165, 1.54) is 18.3 Å². The SMILES string of the molecule is O=C(Nc1cc2cnn(C3CCC(CO)CC3)c2cc1C(F)F)c1ncccc1C(F)(F)F. The van der Waals surface area contributed by atoms with Crippen LogP contribution in [-0.2, 0) is 6.18 Å². The lowest BCUT2D eigenvalue weighted by atomic mass is 9.86. The molecular weight excluding hydrogens is 447 g/mol. The first-order valence-electron chi connectivity index (χ1n) is 10.4. The van der Waals surface area contributed by atoms with E-state index >= 15 is 0 Å². The second kappa shape index (κ2) is 9.05. The van der Waals surface area contributed by atoms with Gasteiger partial charge in [0.05, 0.1) is 29.0 Å². The summed E-state index contributed by atoms with van der Waals surface area (Å²) in [6.45, 7) is 0.109. The smallest absolute Gasteiger partial charge is 0.396 e. The fraction of sp³-hybridized carbons (Fsp3) is 0.409. The van der Waals surface area contributed by atoms with Crippen LogP contribution in [0.4, 0.5) is 27.6 Å². The second-order valence-corrected chi connectivity index (χ2v) is 8.10. The van der Waals surface area contributed by atoms with Gasteiger partial charge in [0.2, 0.25) is 0 Å². The number of hydrogen-bond acceptors (Lipinski definition) is 4. The number of pyridine rings is 1. The Balaban J connectivity index is 1.67. The van der Waals surface area contributed by atoms with Gasteiger partial charge in [0, 0.05) is 23.8 Å². The molecule has 1 fully saturated rings. The molecule has 2 heterocycles. The lowest BCUT2D eigenvalue weighted by Gasteiger charge is -2.28. The molecule has 6 nitrogen and oxygen atoms in total. The maximum absolute atomic E-state index is 13.8. The van der Waals surface area contributed by atoms with Gasteiger partial charge in [-0.3, -0.25) is 14.5 Å². The van der Waals surface area contributed by atoms with Gasteiger partial charge in [-0.1, -0.05) is 0 Å². The summed E-state index contributed by atoms with van der Waals surface area (Å²) in [6.07, 6.45) is -2.24. The number of carbonyl (C=O) groups is 1. The van der Waals surface area contributed by atoms with Crippen LogP contribution in [0.15, 0.2) is 36.7 Å². The van der Waals surface area contributed by atoms with Crippen LogP contribution in [0.5, 0.6) is 0 Å². The summed E-state index contributed by atoms with van der Waals surface area (Å²) in [4.78, 5) is 16.0. The lowest BCUT2D eigenvalue weighted by Crippen LogP contribution is -2.21. The molecule has 176 valence electrons. The first-order chi connectivity index (χ1) is 15.7. The van der Waals surface area contributed by atoms with Crippen LogP contribution in [0.3, 0.4) is 0 Å². The molecule has 1 aromatic carbocycles. The molecule has 0 radical (unpaired) electrons. The topological polar surface area (TPSA) is 80.0 Å². The lowest BCUT2D eigenvalue weighted by molar-refractivity contribution is -0.138. The standard InChI is InChI=1S/C22H21F5N4O2/c23-20(24)15-9-18-13(10-29-31(18)14-5-3-12(11-32)4-6-14)8-17(15)30-21(33)19-16(22(25,26)27)2-1-7-28-19/h1-2,7-10,12,14,20,32H,3-6,11H2,(H,30,33). The van der Waals surface area contributed by atoms with Gasteiger partial charge in [-0.25, -0.2) is 8.78 Å². The molecule has 0 spiro atoms. The molecule has 1 aliphatic carbocycles. The summed E-state index contributed by atoms with van der Waals surface area (Å²) in [5, 5.41) is 16.3. The highest BCUT2D eigenvalue weighted by Gasteiger charge is 2.36. The molecule has 4 rings (SSSR count). The number of aromatic nitrogens is 3. The molecule has 2 aromatic heterocycles. The average molecular weight is 468 g/mol. The Labute approximate surface area is 185 Å². The molecule has 2 N–H and O–H groups in total. The highest BCUT2D eigenvalue weighted by molar-refractivity contribution is 6.05. The van der Waals surface area contributed by atoms with Crippen molar-refractivity contribution in [1.29, 1.82) is 0 Å². The minimum Gasteiger partial charge on any atom is -0.396 e. The van der Waals surface area contributed by atoms with E-state index in [4.69, 9.17) is 0 Å². The zero-order valence-electron chi connectivity index (χ0n) is 17.3. The first-order valence-corrected chi connectivity index (χ1v) is 10.4. The number of benzene rings is 1. The van der Waals surface area contributed by atoms with Crippen molar-refractivity contribution in [3.8, 4) is 0 Å². The Morgan fingerprint density at radius 1 is 1.21 bits per heavy atom. The number of nitrogens with zero attached hydrogens (tertiary/aromatic N) is 3. The van der Waals surface area contributed by atoms with Crippen molar-refractivity contribution in [2.24, 2.45) is 5.92 Å². The van der Waals surface area contributed by atoms with Crippen molar-refractivity contribution < 1.29 is 31.9 Å². The fourth-order valence-electron chi connectivity index (χ4n) is 4.26. The monoisotopic (exact) mass is 468 g/mol. The number of aliphatic hydroxyl groups is 1. The number of amides is 1. The van der Waals surface area contributed by atoms with Crippen molar-refractivity contribution >= 4 is 22.5 Å². The predicted molar refractivity (Wildman–Crippen MR) is 110 cm³/mol. The van der Waals surface area contributed by atoms with Gasteiger partial charge in [-0.2, -0.15) is 18.3 Å². The van der Waals surface area contributed by atoms with Crippen LogP contribution in [0.25, 0.3) is 10.9 Å². The Bertz CT molecular complexity index is 1150. The van der Waals surface area contributed by atoms with Gasteiger partial charge in [0.15, 0.2) is 0 Å². The minimum absolute atomic E-state index is 0.0147. The van der Waals surface area contributed by atoms with E-state index in [2.05, 4.69) is 15.4 Å². The molecule has 0 atom stereocenters. The molecule has 0 bridgehead atoms. The van der Waals surface area contributed by atoms with Crippen LogP contribution in [0, 0.1) is 5.92 Å². The Morgan fingerprint density at radius 3 is 2.58 bits per heavy atom. The van der Waals surface area contributed by atoms with E-state index < -0.39 is 35.3 Å². The van der Waals surface area contributed by atoms with Crippen LogP contribution in [-0.4, -0.2) is 32.4 Å². The van der Waals surface area contributed by atoms with E-state index in [0.29, 0.717) is 17.0 Å². The molecule has 33 heavy (non-hydrogen) atoms.